The lowest BCUT2D eigenvalue weighted by Crippen LogP contribution is -2.41. The zero-order valence-electron chi connectivity index (χ0n) is 12.3. The summed E-state index contributed by atoms with van der Waals surface area (Å²) in [6.07, 6.45) is 0.344. The summed E-state index contributed by atoms with van der Waals surface area (Å²) in [7, 11) is 0. The van der Waals surface area contributed by atoms with Crippen LogP contribution in [0.4, 0.5) is 4.79 Å². The number of ether oxygens (including phenoxy) is 2. The lowest BCUT2D eigenvalue weighted by atomic mass is 10.2. The fourth-order valence-electron chi connectivity index (χ4n) is 1.87. The van der Waals surface area contributed by atoms with E-state index in [-0.39, 0.29) is 37.9 Å². The molecule has 0 radical (unpaired) electrons. The van der Waals surface area contributed by atoms with E-state index >= 15 is 0 Å². The minimum absolute atomic E-state index is 0.0762. The second-order valence-corrected chi connectivity index (χ2v) is 5.76. The zero-order chi connectivity index (χ0) is 15.2. The number of carbonyl (C=O) groups is 2. The summed E-state index contributed by atoms with van der Waals surface area (Å²) in [6.45, 7) is 6.42. The molecule has 7 nitrogen and oxygen atoms in total. The van der Waals surface area contributed by atoms with E-state index in [0.717, 1.165) is 0 Å². The highest BCUT2D eigenvalue weighted by atomic mass is 16.6. The highest BCUT2D eigenvalue weighted by molar-refractivity contribution is 5.77. The van der Waals surface area contributed by atoms with Crippen LogP contribution >= 0.6 is 0 Å². The predicted octanol–water partition coefficient (Wildman–Crippen LogP) is 0.121. The first-order chi connectivity index (χ1) is 9.31. The average molecular weight is 288 g/mol. The maximum absolute atomic E-state index is 11.8. The van der Waals surface area contributed by atoms with Crippen molar-refractivity contribution in [3.63, 3.8) is 0 Å². The van der Waals surface area contributed by atoms with Crippen LogP contribution < -0.4 is 5.32 Å². The molecule has 116 valence electrons. The third-order valence-corrected chi connectivity index (χ3v) is 2.67. The molecule has 1 aliphatic heterocycles. The molecule has 1 rings (SSSR count). The van der Waals surface area contributed by atoms with Gasteiger partial charge in [-0.1, -0.05) is 0 Å². The summed E-state index contributed by atoms with van der Waals surface area (Å²) >= 11 is 0. The van der Waals surface area contributed by atoms with Gasteiger partial charge in [0, 0.05) is 19.1 Å². The number of nitrogens with one attached hydrogen (secondary N) is 1. The minimum Gasteiger partial charge on any atom is -0.444 e. The number of likely N-dealkylation sites (tertiary alicyclic amines) is 1. The number of hydrogen-bond acceptors (Lipinski definition) is 5. The molecule has 0 aromatic rings. The SMILES string of the molecule is CC(C)(C)OC(=O)N1CC[C@H](NC(=O)COCCO)C1. The van der Waals surface area contributed by atoms with Crippen molar-refractivity contribution in [3.05, 3.63) is 0 Å². The largest absolute Gasteiger partial charge is 0.444 e. The Morgan fingerprint density at radius 3 is 2.70 bits per heavy atom. The molecule has 2 amide bonds. The average Bonchev–Trinajstić information content (AvgIpc) is 2.75. The smallest absolute Gasteiger partial charge is 0.410 e. The molecule has 7 heteroatoms. The van der Waals surface area contributed by atoms with E-state index in [0.29, 0.717) is 19.5 Å². The normalized spacial score (nSPS) is 19.0. The summed E-state index contributed by atoms with van der Waals surface area (Å²) in [5.74, 6) is -0.241. The molecule has 20 heavy (non-hydrogen) atoms. The molecular formula is C13H24N2O5. The van der Waals surface area contributed by atoms with Crippen LogP contribution in [-0.4, -0.2) is 66.6 Å². The Hall–Kier alpha value is -1.34. The van der Waals surface area contributed by atoms with Gasteiger partial charge in [0.05, 0.1) is 13.2 Å². The van der Waals surface area contributed by atoms with Gasteiger partial charge in [-0.3, -0.25) is 4.79 Å². The first kappa shape index (κ1) is 16.7. The molecule has 0 aliphatic carbocycles. The monoisotopic (exact) mass is 288 g/mol. The molecule has 1 fully saturated rings. The van der Waals surface area contributed by atoms with Crippen molar-refractivity contribution in [1.82, 2.24) is 10.2 Å². The molecule has 1 heterocycles. The summed E-state index contributed by atoms with van der Waals surface area (Å²) in [4.78, 5) is 25.0. The molecule has 0 bridgehead atoms. The van der Waals surface area contributed by atoms with Crippen molar-refractivity contribution in [2.75, 3.05) is 32.9 Å². The van der Waals surface area contributed by atoms with Gasteiger partial charge in [0.25, 0.3) is 0 Å². The number of amides is 2. The van der Waals surface area contributed by atoms with Crippen LogP contribution in [0, 0.1) is 0 Å². The third kappa shape index (κ3) is 6.21. The van der Waals surface area contributed by atoms with Crippen LogP contribution in [0.1, 0.15) is 27.2 Å². The molecule has 0 unspecified atom stereocenters. The first-order valence-electron chi connectivity index (χ1n) is 6.77. The maximum atomic E-state index is 11.8. The number of nitrogens with zero attached hydrogens (tertiary/aromatic N) is 1. The van der Waals surface area contributed by atoms with Crippen LogP contribution in [-0.2, 0) is 14.3 Å². The van der Waals surface area contributed by atoms with Crippen LogP contribution in [0.5, 0.6) is 0 Å². The van der Waals surface area contributed by atoms with Crippen LogP contribution in [0.15, 0.2) is 0 Å². The number of rotatable bonds is 5. The second kappa shape index (κ2) is 7.44. The lowest BCUT2D eigenvalue weighted by Gasteiger charge is -2.24. The van der Waals surface area contributed by atoms with E-state index in [1.165, 1.54) is 0 Å². The van der Waals surface area contributed by atoms with E-state index in [1.807, 2.05) is 20.8 Å². The Labute approximate surface area is 119 Å². The third-order valence-electron chi connectivity index (χ3n) is 2.67. The van der Waals surface area contributed by atoms with E-state index in [4.69, 9.17) is 14.6 Å². The van der Waals surface area contributed by atoms with Gasteiger partial charge in [-0.25, -0.2) is 4.79 Å². The predicted molar refractivity (Wildman–Crippen MR) is 72.3 cm³/mol. The topological polar surface area (TPSA) is 88.1 Å². The Bertz CT molecular complexity index is 340. The fourth-order valence-corrected chi connectivity index (χ4v) is 1.87. The van der Waals surface area contributed by atoms with Gasteiger partial charge in [-0.15, -0.1) is 0 Å². The molecule has 1 saturated heterocycles. The van der Waals surface area contributed by atoms with E-state index in [2.05, 4.69) is 5.32 Å². The molecule has 1 atom stereocenters. The minimum atomic E-state index is -0.517. The van der Waals surface area contributed by atoms with Crippen LogP contribution in [0.3, 0.4) is 0 Å². The number of aliphatic hydroxyl groups excluding tert-OH is 1. The van der Waals surface area contributed by atoms with Crippen LogP contribution in [0.25, 0.3) is 0 Å². The highest BCUT2D eigenvalue weighted by Crippen LogP contribution is 2.15. The molecule has 2 N–H and O–H groups in total. The molecule has 1 aliphatic rings. The lowest BCUT2D eigenvalue weighted by molar-refractivity contribution is -0.126. The summed E-state index contributed by atoms with van der Waals surface area (Å²) in [6, 6.07) is -0.0762. The summed E-state index contributed by atoms with van der Waals surface area (Å²) in [5, 5.41) is 11.3. The zero-order valence-corrected chi connectivity index (χ0v) is 12.3. The Morgan fingerprint density at radius 2 is 2.10 bits per heavy atom. The van der Waals surface area contributed by atoms with Gasteiger partial charge in [-0.2, -0.15) is 0 Å². The van der Waals surface area contributed by atoms with Gasteiger partial charge in [0.1, 0.15) is 12.2 Å². The summed E-state index contributed by atoms with van der Waals surface area (Å²) < 4.78 is 10.2. The van der Waals surface area contributed by atoms with Crippen molar-refractivity contribution >= 4 is 12.0 Å². The number of carbonyl (C=O) groups excluding carboxylic acids is 2. The van der Waals surface area contributed by atoms with E-state index in [1.54, 1.807) is 4.90 Å². The van der Waals surface area contributed by atoms with Gasteiger partial charge in [0.2, 0.25) is 5.91 Å². The van der Waals surface area contributed by atoms with Crippen LogP contribution in [0.2, 0.25) is 0 Å². The molecule has 0 aromatic heterocycles. The summed E-state index contributed by atoms with van der Waals surface area (Å²) in [5.41, 5.74) is -0.517. The van der Waals surface area contributed by atoms with Crippen molar-refractivity contribution in [2.45, 2.75) is 38.8 Å². The number of hydrogen-bond donors (Lipinski definition) is 2. The van der Waals surface area contributed by atoms with Crippen molar-refractivity contribution < 1.29 is 24.2 Å². The van der Waals surface area contributed by atoms with E-state index in [9.17, 15) is 9.59 Å². The Morgan fingerprint density at radius 1 is 1.40 bits per heavy atom. The van der Waals surface area contributed by atoms with Crippen molar-refractivity contribution in [3.8, 4) is 0 Å². The second-order valence-electron chi connectivity index (χ2n) is 5.76. The van der Waals surface area contributed by atoms with E-state index < -0.39 is 5.60 Å². The quantitative estimate of drug-likeness (QED) is 0.702. The first-order valence-corrected chi connectivity index (χ1v) is 6.77. The maximum Gasteiger partial charge on any atom is 0.410 e. The van der Waals surface area contributed by atoms with Crippen molar-refractivity contribution in [1.29, 1.82) is 0 Å². The Kier molecular flexibility index (Phi) is 6.22. The van der Waals surface area contributed by atoms with Gasteiger partial charge >= 0.3 is 6.09 Å². The fraction of sp³-hybridized carbons (Fsp3) is 0.846. The number of aliphatic hydroxyl groups is 1. The molecular weight excluding hydrogens is 264 g/mol. The molecule has 0 aromatic carbocycles. The van der Waals surface area contributed by atoms with Gasteiger partial charge in [0.15, 0.2) is 0 Å². The highest BCUT2D eigenvalue weighted by Gasteiger charge is 2.30. The Balaban J connectivity index is 2.29. The van der Waals surface area contributed by atoms with Gasteiger partial charge < -0.3 is 24.8 Å². The standard InChI is InChI=1S/C13H24N2O5/c1-13(2,3)20-12(18)15-5-4-10(8-15)14-11(17)9-19-7-6-16/h10,16H,4-9H2,1-3H3,(H,14,17)/t10-/m0/s1. The van der Waals surface area contributed by atoms with Crippen molar-refractivity contribution in [2.24, 2.45) is 0 Å². The molecule has 0 saturated carbocycles. The molecule has 0 spiro atoms. The van der Waals surface area contributed by atoms with Gasteiger partial charge in [-0.05, 0) is 27.2 Å².